The third-order valence-corrected chi connectivity index (χ3v) is 6.89. The van der Waals surface area contributed by atoms with Crippen molar-refractivity contribution < 1.29 is 23.8 Å². The minimum Gasteiger partial charge on any atom is -0.458 e. The van der Waals surface area contributed by atoms with Crippen LogP contribution in [0.2, 0.25) is 0 Å². The summed E-state index contributed by atoms with van der Waals surface area (Å²) >= 11 is 2.23. The van der Waals surface area contributed by atoms with E-state index in [9.17, 15) is 9.59 Å². The molecule has 1 saturated heterocycles. The highest BCUT2D eigenvalue weighted by Gasteiger charge is 2.37. The molecule has 0 radical (unpaired) electrons. The Hall–Kier alpha value is -2.13. The Morgan fingerprint density at radius 1 is 1.06 bits per heavy atom. The summed E-state index contributed by atoms with van der Waals surface area (Å²) in [5.41, 5.74) is 4.22. The van der Waals surface area contributed by atoms with Crippen molar-refractivity contribution in [2.75, 3.05) is 19.8 Å². The van der Waals surface area contributed by atoms with E-state index in [1.807, 2.05) is 45.0 Å². The number of nitrogens with zero attached hydrogens (tertiary/aromatic N) is 1. The van der Waals surface area contributed by atoms with Gasteiger partial charge in [-0.1, -0.05) is 48.5 Å². The number of carbonyl (C=O) groups is 2. The minimum atomic E-state index is -0.545. The number of amides is 1. The first-order valence-corrected chi connectivity index (χ1v) is 12.6. The van der Waals surface area contributed by atoms with E-state index in [0.29, 0.717) is 6.54 Å². The number of alkyl halides is 1. The molecule has 1 fully saturated rings. The van der Waals surface area contributed by atoms with Crippen molar-refractivity contribution >= 4 is 34.7 Å². The molecule has 0 saturated carbocycles. The predicted molar refractivity (Wildman–Crippen MR) is 134 cm³/mol. The molecule has 4 rings (SSSR count). The summed E-state index contributed by atoms with van der Waals surface area (Å²) in [4.78, 5) is 26.7. The van der Waals surface area contributed by atoms with Crippen LogP contribution in [-0.4, -0.2) is 52.5 Å². The number of benzene rings is 2. The molecule has 33 heavy (non-hydrogen) atoms. The molecule has 2 aromatic carbocycles. The Morgan fingerprint density at radius 3 is 2.27 bits per heavy atom. The highest BCUT2D eigenvalue weighted by atomic mass is 127. The molecule has 176 valence electrons. The largest absolute Gasteiger partial charge is 0.458 e. The van der Waals surface area contributed by atoms with Crippen molar-refractivity contribution in [3.63, 3.8) is 0 Å². The fraction of sp³-hybridized carbons (Fsp3) is 0.462. The lowest BCUT2D eigenvalue weighted by atomic mass is 9.98. The topological polar surface area (TPSA) is 65.1 Å². The monoisotopic (exact) mass is 563 g/mol. The minimum absolute atomic E-state index is 0.00794. The van der Waals surface area contributed by atoms with Crippen molar-refractivity contribution in [1.82, 2.24) is 4.90 Å². The fourth-order valence-electron chi connectivity index (χ4n) is 4.61. The number of carbonyl (C=O) groups excluding carboxylic acids is 2. The van der Waals surface area contributed by atoms with Crippen LogP contribution in [0.25, 0.3) is 11.1 Å². The van der Waals surface area contributed by atoms with Crippen LogP contribution in [0.5, 0.6) is 0 Å². The second-order valence-corrected chi connectivity index (χ2v) is 10.7. The molecular formula is C26H30INO5. The van der Waals surface area contributed by atoms with Gasteiger partial charge in [0.1, 0.15) is 12.2 Å². The maximum absolute atomic E-state index is 13.1. The van der Waals surface area contributed by atoms with Crippen molar-refractivity contribution in [3.05, 3.63) is 59.7 Å². The smallest absolute Gasteiger partial charge is 0.411 e. The quantitative estimate of drug-likeness (QED) is 0.263. The zero-order valence-corrected chi connectivity index (χ0v) is 21.4. The first kappa shape index (κ1) is 24.0. The third-order valence-electron chi connectivity index (χ3n) is 5.92. The van der Waals surface area contributed by atoms with Crippen molar-refractivity contribution in [2.24, 2.45) is 0 Å². The van der Waals surface area contributed by atoms with Crippen LogP contribution >= 0.6 is 22.6 Å². The number of fused-ring (bicyclic) bond motifs is 3. The average molecular weight is 563 g/mol. The van der Waals surface area contributed by atoms with Crippen LogP contribution < -0.4 is 0 Å². The molecule has 7 heteroatoms. The molecule has 0 spiro atoms. The molecule has 2 aliphatic rings. The number of likely N-dealkylation sites (tertiary alicyclic amines) is 1. The van der Waals surface area contributed by atoms with Crippen LogP contribution in [0, 0.1) is 0 Å². The van der Waals surface area contributed by atoms with Gasteiger partial charge in [0.05, 0.1) is 18.6 Å². The molecule has 1 aliphatic carbocycles. The number of halogens is 1. The maximum Gasteiger partial charge on any atom is 0.411 e. The van der Waals surface area contributed by atoms with E-state index in [1.54, 1.807) is 4.90 Å². The highest BCUT2D eigenvalue weighted by Crippen LogP contribution is 2.48. The molecule has 2 aromatic rings. The number of ether oxygens (including phenoxy) is 3. The first-order chi connectivity index (χ1) is 15.7. The number of hydrogen-bond acceptors (Lipinski definition) is 5. The van der Waals surface area contributed by atoms with E-state index in [2.05, 4.69) is 46.9 Å². The molecule has 6 nitrogen and oxygen atoms in total. The van der Waals surface area contributed by atoms with E-state index in [1.165, 1.54) is 22.3 Å². The van der Waals surface area contributed by atoms with Gasteiger partial charge in [0.25, 0.3) is 0 Å². The Labute approximate surface area is 208 Å². The second-order valence-electron chi connectivity index (χ2n) is 9.48. The maximum atomic E-state index is 13.1. The van der Waals surface area contributed by atoms with Gasteiger partial charge in [0.15, 0.2) is 4.11 Å². The molecule has 0 bridgehead atoms. The van der Waals surface area contributed by atoms with Gasteiger partial charge in [-0.25, -0.2) is 9.59 Å². The van der Waals surface area contributed by atoms with Crippen LogP contribution in [0.4, 0.5) is 4.79 Å². The number of esters is 1. The summed E-state index contributed by atoms with van der Waals surface area (Å²) < 4.78 is 16.5. The molecule has 0 N–H and O–H groups in total. The van der Waals surface area contributed by atoms with E-state index in [0.717, 1.165) is 12.8 Å². The van der Waals surface area contributed by atoms with Crippen molar-refractivity contribution in [3.8, 4) is 11.1 Å². The zero-order chi connectivity index (χ0) is 23.6. The molecule has 1 heterocycles. The van der Waals surface area contributed by atoms with Crippen LogP contribution in [0.15, 0.2) is 48.5 Å². The summed E-state index contributed by atoms with van der Waals surface area (Å²) in [6.07, 6.45) is 1.38. The summed E-state index contributed by atoms with van der Waals surface area (Å²) in [5.74, 6) is -0.410. The van der Waals surface area contributed by atoms with E-state index >= 15 is 0 Å². The summed E-state index contributed by atoms with van der Waals surface area (Å²) in [6.45, 7) is 6.25. The van der Waals surface area contributed by atoms with Crippen molar-refractivity contribution in [1.29, 1.82) is 0 Å². The Bertz CT molecular complexity index is 972. The van der Waals surface area contributed by atoms with E-state index in [4.69, 9.17) is 14.2 Å². The van der Waals surface area contributed by atoms with Gasteiger partial charge in [0, 0.05) is 6.54 Å². The lowest BCUT2D eigenvalue weighted by Crippen LogP contribution is -2.40. The molecule has 0 aromatic heterocycles. The van der Waals surface area contributed by atoms with Gasteiger partial charge < -0.3 is 19.1 Å². The lowest BCUT2D eigenvalue weighted by molar-refractivity contribution is -0.160. The first-order valence-electron chi connectivity index (χ1n) is 11.3. The lowest BCUT2D eigenvalue weighted by Gasteiger charge is -2.27. The highest BCUT2D eigenvalue weighted by molar-refractivity contribution is 14.1. The number of hydrogen-bond donors (Lipinski definition) is 0. The standard InChI is InChI=1S/C26H30INO5/c1-26(2,3)33-22(29)16-31-15-17-9-8-14-28(17)25(30)32-24(27)23-20-12-6-4-10-18(20)19-11-5-7-13-21(19)23/h4-7,10-13,17,23-24H,8-9,14-16H2,1-3H3. The molecule has 2 atom stereocenters. The Balaban J connectivity index is 1.37. The molecule has 1 aliphatic heterocycles. The van der Waals surface area contributed by atoms with Gasteiger partial charge in [-0.15, -0.1) is 0 Å². The molecular weight excluding hydrogens is 533 g/mol. The normalized spacial score (nSPS) is 18.5. The van der Waals surface area contributed by atoms with Gasteiger partial charge in [-0.3, -0.25) is 0 Å². The zero-order valence-electron chi connectivity index (χ0n) is 19.3. The van der Waals surface area contributed by atoms with Crippen LogP contribution in [0.1, 0.15) is 50.7 Å². The van der Waals surface area contributed by atoms with E-state index < -0.39 is 11.6 Å². The SMILES string of the molecule is CC(C)(C)OC(=O)COCC1CCCN1C(=O)OC(I)C1c2ccccc2-c2ccccc21. The van der Waals surface area contributed by atoms with Gasteiger partial charge in [-0.2, -0.15) is 0 Å². The molecule has 1 amide bonds. The van der Waals surface area contributed by atoms with Gasteiger partial charge in [0.2, 0.25) is 0 Å². The van der Waals surface area contributed by atoms with Gasteiger partial charge in [-0.05, 0) is 78.5 Å². The summed E-state index contributed by atoms with van der Waals surface area (Å²) in [7, 11) is 0. The second kappa shape index (κ2) is 10.0. The summed E-state index contributed by atoms with van der Waals surface area (Å²) in [5, 5.41) is 0. The van der Waals surface area contributed by atoms with Gasteiger partial charge >= 0.3 is 12.1 Å². The Kier molecular flexibility index (Phi) is 7.28. The molecule has 2 unspecified atom stereocenters. The fourth-order valence-corrected chi connectivity index (χ4v) is 5.60. The third kappa shape index (κ3) is 5.51. The summed E-state index contributed by atoms with van der Waals surface area (Å²) in [6, 6.07) is 16.5. The van der Waals surface area contributed by atoms with Crippen LogP contribution in [-0.2, 0) is 19.0 Å². The average Bonchev–Trinajstić information content (AvgIpc) is 3.35. The Morgan fingerprint density at radius 2 is 1.67 bits per heavy atom. The van der Waals surface area contributed by atoms with Crippen molar-refractivity contribution in [2.45, 2.75) is 55.3 Å². The predicted octanol–water partition coefficient (Wildman–Crippen LogP) is 5.52. The van der Waals surface area contributed by atoms with E-state index in [-0.39, 0.29) is 35.4 Å². The number of rotatable bonds is 6. The van der Waals surface area contributed by atoms with Crippen LogP contribution in [0.3, 0.4) is 0 Å².